The van der Waals surface area contributed by atoms with E-state index in [1.54, 1.807) is 27.8 Å². The minimum atomic E-state index is -0.553. The summed E-state index contributed by atoms with van der Waals surface area (Å²) in [6.07, 6.45) is 0.424. The summed E-state index contributed by atoms with van der Waals surface area (Å²) in [6, 6.07) is 3.82. The molecule has 0 saturated carbocycles. The molecule has 0 aliphatic heterocycles. The van der Waals surface area contributed by atoms with Crippen LogP contribution >= 0.6 is 0 Å². The van der Waals surface area contributed by atoms with Crippen molar-refractivity contribution in [3.63, 3.8) is 0 Å². The molecule has 0 radical (unpaired) electrons. The zero-order chi connectivity index (χ0) is 19.6. The average Bonchev–Trinajstić information content (AvgIpc) is 2.53. The molecule has 0 bridgehead atoms. The minimum Gasteiger partial charge on any atom is -0.444 e. The normalized spacial score (nSPS) is 11.8. The van der Waals surface area contributed by atoms with Crippen molar-refractivity contribution >= 4 is 12.1 Å². The van der Waals surface area contributed by atoms with Gasteiger partial charge in [-0.25, -0.2) is 13.6 Å². The van der Waals surface area contributed by atoms with Gasteiger partial charge in [-0.05, 0) is 45.7 Å². The number of carbonyl (C=O) groups is 1. The number of nitrogens with zero attached hydrogens (tertiary/aromatic N) is 1. The topological polar surface area (TPSA) is 74.8 Å². The van der Waals surface area contributed by atoms with E-state index >= 15 is 0 Å². The quantitative estimate of drug-likeness (QED) is 0.392. The number of halogens is 2. The van der Waals surface area contributed by atoms with Crippen molar-refractivity contribution in [3.8, 4) is 0 Å². The van der Waals surface area contributed by atoms with E-state index in [9.17, 15) is 13.6 Å². The highest BCUT2D eigenvalue weighted by atomic mass is 19.1. The molecule has 0 spiro atoms. The second-order valence-electron chi connectivity index (χ2n) is 6.66. The van der Waals surface area contributed by atoms with Gasteiger partial charge in [-0.15, -0.1) is 0 Å². The van der Waals surface area contributed by atoms with Gasteiger partial charge in [0, 0.05) is 32.2 Å². The van der Waals surface area contributed by atoms with Crippen molar-refractivity contribution in [2.75, 3.05) is 26.7 Å². The molecule has 1 rings (SSSR count). The van der Waals surface area contributed by atoms with Gasteiger partial charge in [0.15, 0.2) is 5.96 Å². The number of benzene rings is 1. The lowest BCUT2D eigenvalue weighted by Gasteiger charge is -2.19. The summed E-state index contributed by atoms with van der Waals surface area (Å²) in [5.74, 6) is -0.579. The fraction of sp³-hybridized carbons (Fsp3) is 0.556. The minimum absolute atomic E-state index is 0.0528. The van der Waals surface area contributed by atoms with Crippen LogP contribution in [0.4, 0.5) is 13.6 Å². The molecule has 3 N–H and O–H groups in total. The van der Waals surface area contributed by atoms with E-state index in [2.05, 4.69) is 20.9 Å². The molecule has 0 fully saturated rings. The Labute approximate surface area is 153 Å². The molecule has 1 amide bonds. The van der Waals surface area contributed by atoms with Crippen LogP contribution in [-0.2, 0) is 11.2 Å². The van der Waals surface area contributed by atoms with Crippen LogP contribution in [0.2, 0.25) is 0 Å². The first kappa shape index (κ1) is 21.7. The Balaban J connectivity index is 2.22. The van der Waals surface area contributed by atoms with E-state index in [-0.39, 0.29) is 12.0 Å². The second-order valence-corrected chi connectivity index (χ2v) is 6.66. The van der Waals surface area contributed by atoms with E-state index < -0.39 is 23.3 Å². The maximum atomic E-state index is 13.6. The summed E-state index contributed by atoms with van der Waals surface area (Å²) in [4.78, 5) is 15.5. The van der Waals surface area contributed by atoms with Crippen LogP contribution in [0.5, 0.6) is 0 Å². The summed E-state index contributed by atoms with van der Waals surface area (Å²) >= 11 is 0. The highest BCUT2D eigenvalue weighted by molar-refractivity contribution is 5.79. The largest absolute Gasteiger partial charge is 0.444 e. The van der Waals surface area contributed by atoms with E-state index in [0.717, 1.165) is 0 Å². The maximum Gasteiger partial charge on any atom is 0.407 e. The molecule has 0 aliphatic carbocycles. The van der Waals surface area contributed by atoms with Crippen molar-refractivity contribution in [3.05, 3.63) is 35.4 Å². The number of hydrogen-bond acceptors (Lipinski definition) is 3. The van der Waals surface area contributed by atoms with Gasteiger partial charge in [0.05, 0.1) is 0 Å². The zero-order valence-corrected chi connectivity index (χ0v) is 15.8. The van der Waals surface area contributed by atoms with Gasteiger partial charge < -0.3 is 20.7 Å². The predicted octanol–water partition coefficient (Wildman–Crippen LogP) is 2.59. The Hall–Kier alpha value is -2.38. The van der Waals surface area contributed by atoms with Crippen molar-refractivity contribution in [2.45, 2.75) is 39.2 Å². The number of carbonyl (C=O) groups excluding carboxylic acids is 1. The van der Waals surface area contributed by atoms with Crippen LogP contribution in [0.1, 0.15) is 32.8 Å². The smallest absolute Gasteiger partial charge is 0.407 e. The van der Waals surface area contributed by atoms with Crippen LogP contribution in [0.25, 0.3) is 0 Å². The third-order valence-electron chi connectivity index (χ3n) is 3.27. The fourth-order valence-corrected chi connectivity index (χ4v) is 2.10. The second kappa shape index (κ2) is 10.6. The maximum absolute atomic E-state index is 13.6. The number of nitrogens with one attached hydrogen (secondary N) is 3. The molecule has 146 valence electrons. The number of aliphatic imine (C=N–C) groups is 1. The number of alkyl carbamates (subject to hydrolysis) is 1. The fourth-order valence-electron chi connectivity index (χ4n) is 2.10. The summed E-state index contributed by atoms with van der Waals surface area (Å²) in [6.45, 7) is 6.78. The first-order valence-electron chi connectivity index (χ1n) is 8.57. The molecule has 0 atom stereocenters. The zero-order valence-electron chi connectivity index (χ0n) is 15.8. The third kappa shape index (κ3) is 8.64. The Bertz CT molecular complexity index is 595. The van der Waals surface area contributed by atoms with E-state index in [1.807, 2.05) is 0 Å². The highest BCUT2D eigenvalue weighted by Crippen LogP contribution is 2.11. The number of ether oxygens (including phenoxy) is 1. The van der Waals surface area contributed by atoms with Crippen molar-refractivity contribution in [1.29, 1.82) is 0 Å². The Morgan fingerprint density at radius 1 is 1.08 bits per heavy atom. The first-order chi connectivity index (χ1) is 12.2. The molecule has 0 saturated heterocycles. The monoisotopic (exact) mass is 370 g/mol. The van der Waals surface area contributed by atoms with Crippen molar-refractivity contribution in [1.82, 2.24) is 16.0 Å². The van der Waals surface area contributed by atoms with Crippen molar-refractivity contribution < 1.29 is 18.3 Å². The third-order valence-corrected chi connectivity index (χ3v) is 3.27. The van der Waals surface area contributed by atoms with E-state index in [1.165, 1.54) is 18.2 Å². The molecule has 8 heteroatoms. The summed E-state index contributed by atoms with van der Waals surface area (Å²) in [5.41, 5.74) is -0.469. The molecular weight excluding hydrogens is 342 g/mol. The Kier molecular flexibility index (Phi) is 8.81. The molecule has 1 aromatic carbocycles. The van der Waals surface area contributed by atoms with Crippen LogP contribution in [0.15, 0.2) is 23.2 Å². The average molecular weight is 370 g/mol. The van der Waals surface area contributed by atoms with Gasteiger partial charge in [-0.1, -0.05) is 6.07 Å². The molecular formula is C18H28F2N4O2. The van der Waals surface area contributed by atoms with Gasteiger partial charge >= 0.3 is 6.09 Å². The predicted molar refractivity (Wildman–Crippen MR) is 98.3 cm³/mol. The lowest BCUT2D eigenvalue weighted by Crippen LogP contribution is -2.40. The van der Waals surface area contributed by atoms with Gasteiger partial charge in [-0.3, -0.25) is 4.99 Å². The highest BCUT2D eigenvalue weighted by Gasteiger charge is 2.15. The molecule has 0 heterocycles. The van der Waals surface area contributed by atoms with Crippen molar-refractivity contribution in [2.24, 2.45) is 4.99 Å². The molecule has 1 aromatic rings. The molecule has 0 aromatic heterocycles. The molecule has 0 aliphatic rings. The summed E-state index contributed by atoms with van der Waals surface area (Å²) < 4.78 is 32.2. The molecule has 0 unspecified atom stereocenters. The van der Waals surface area contributed by atoms with E-state index in [4.69, 9.17) is 4.74 Å². The van der Waals surface area contributed by atoms with E-state index in [0.29, 0.717) is 32.0 Å². The molecule has 6 nitrogen and oxygen atoms in total. The van der Waals surface area contributed by atoms with Crippen LogP contribution in [-0.4, -0.2) is 44.3 Å². The Morgan fingerprint density at radius 3 is 2.23 bits per heavy atom. The van der Waals surface area contributed by atoms with Crippen LogP contribution in [0, 0.1) is 11.6 Å². The number of hydrogen-bond donors (Lipinski definition) is 3. The van der Waals surface area contributed by atoms with Gasteiger partial charge in [-0.2, -0.15) is 0 Å². The first-order valence-corrected chi connectivity index (χ1v) is 8.57. The van der Waals surface area contributed by atoms with Gasteiger partial charge in [0.2, 0.25) is 0 Å². The lowest BCUT2D eigenvalue weighted by atomic mass is 10.1. The van der Waals surface area contributed by atoms with Crippen LogP contribution in [0.3, 0.4) is 0 Å². The SMILES string of the molecule is CN=C(NCCCNC(=O)OC(C)(C)C)NCCc1c(F)cccc1F. The number of guanidine groups is 1. The molecule has 26 heavy (non-hydrogen) atoms. The Morgan fingerprint density at radius 2 is 1.65 bits per heavy atom. The number of amides is 1. The van der Waals surface area contributed by atoms with Crippen LogP contribution < -0.4 is 16.0 Å². The van der Waals surface area contributed by atoms with Gasteiger partial charge in [0.1, 0.15) is 17.2 Å². The van der Waals surface area contributed by atoms with Gasteiger partial charge in [0.25, 0.3) is 0 Å². The lowest BCUT2D eigenvalue weighted by molar-refractivity contribution is 0.0527. The standard InChI is InChI=1S/C18H28F2N4O2/c1-18(2,3)26-17(25)24-11-6-10-22-16(21-4)23-12-9-13-14(19)7-5-8-15(13)20/h5,7-8H,6,9-12H2,1-4H3,(H,24,25)(H2,21,22,23). The summed E-state index contributed by atoms with van der Waals surface area (Å²) in [7, 11) is 1.61. The summed E-state index contributed by atoms with van der Waals surface area (Å²) in [5, 5.41) is 8.73. The number of rotatable bonds is 7.